The van der Waals surface area contributed by atoms with E-state index in [1.165, 1.54) is 0 Å². The number of benzene rings is 2. The van der Waals surface area contributed by atoms with Gasteiger partial charge in [0, 0.05) is 28.7 Å². The lowest BCUT2D eigenvalue weighted by Gasteiger charge is -2.11. The van der Waals surface area contributed by atoms with E-state index < -0.39 is 0 Å². The number of methoxy groups -OCH3 is 1. The van der Waals surface area contributed by atoms with E-state index in [9.17, 15) is 0 Å². The number of fused-ring (bicyclic) bond motifs is 1. The average molecular weight is 334 g/mol. The van der Waals surface area contributed by atoms with Crippen LogP contribution in [0.2, 0.25) is 10.0 Å². The lowest BCUT2D eigenvalue weighted by molar-refractivity contribution is 0.419. The summed E-state index contributed by atoms with van der Waals surface area (Å²) in [5.74, 6) is 1.22. The molecule has 6 heteroatoms. The lowest BCUT2D eigenvalue weighted by Crippen LogP contribution is -1.98. The number of halogens is 2. The van der Waals surface area contributed by atoms with E-state index in [0.717, 1.165) is 22.0 Å². The maximum Gasteiger partial charge on any atom is 0.223 e. The van der Waals surface area contributed by atoms with E-state index in [4.69, 9.17) is 27.9 Å². The van der Waals surface area contributed by atoms with Gasteiger partial charge in [0.15, 0.2) is 0 Å². The van der Waals surface area contributed by atoms with Gasteiger partial charge in [-0.1, -0.05) is 23.2 Å². The van der Waals surface area contributed by atoms with E-state index in [0.29, 0.717) is 21.7 Å². The summed E-state index contributed by atoms with van der Waals surface area (Å²) in [6, 6.07) is 9.25. The van der Waals surface area contributed by atoms with Gasteiger partial charge in [-0.15, -0.1) is 0 Å². The summed E-state index contributed by atoms with van der Waals surface area (Å²) < 4.78 is 5.40. The van der Waals surface area contributed by atoms with Gasteiger partial charge in [-0.3, -0.25) is 0 Å². The zero-order valence-corrected chi connectivity index (χ0v) is 13.5. The Kier molecular flexibility index (Phi) is 4.05. The van der Waals surface area contributed by atoms with Crippen molar-refractivity contribution in [2.24, 2.45) is 0 Å². The van der Waals surface area contributed by atoms with E-state index in [1.54, 1.807) is 26.4 Å². The molecule has 0 spiro atoms. The quantitative estimate of drug-likeness (QED) is 0.757. The Morgan fingerprint density at radius 2 is 1.82 bits per heavy atom. The molecular weight excluding hydrogens is 321 g/mol. The number of aromatic nitrogens is 2. The first kappa shape index (κ1) is 14.9. The number of anilines is 1. The van der Waals surface area contributed by atoms with Crippen LogP contribution >= 0.6 is 23.2 Å². The highest BCUT2D eigenvalue weighted by Gasteiger charge is 2.12. The van der Waals surface area contributed by atoms with Crippen LogP contribution in [-0.2, 0) is 0 Å². The Bertz CT molecular complexity index is 832. The molecule has 0 atom stereocenters. The van der Waals surface area contributed by atoms with Crippen molar-refractivity contribution in [1.82, 2.24) is 9.97 Å². The SMILES string of the molecule is CNc1ncc2c(-c3cc(Cl)cc(Cl)c3)ccc(OC)c2n1. The van der Waals surface area contributed by atoms with Gasteiger partial charge < -0.3 is 10.1 Å². The molecule has 3 rings (SSSR count). The van der Waals surface area contributed by atoms with Gasteiger partial charge in [0.2, 0.25) is 5.95 Å². The normalized spacial score (nSPS) is 10.7. The van der Waals surface area contributed by atoms with E-state index in [-0.39, 0.29) is 0 Å². The molecule has 0 amide bonds. The molecular formula is C16H13Cl2N3O. The van der Waals surface area contributed by atoms with Gasteiger partial charge in [0.05, 0.1) is 7.11 Å². The second-order valence-electron chi connectivity index (χ2n) is 4.68. The molecule has 1 N–H and O–H groups in total. The molecule has 4 nitrogen and oxygen atoms in total. The van der Waals surface area contributed by atoms with Gasteiger partial charge in [0.1, 0.15) is 11.3 Å². The first-order valence-electron chi connectivity index (χ1n) is 6.60. The van der Waals surface area contributed by atoms with Crippen LogP contribution in [-0.4, -0.2) is 24.1 Å². The third-order valence-corrected chi connectivity index (χ3v) is 3.77. The van der Waals surface area contributed by atoms with Crippen molar-refractivity contribution in [3.63, 3.8) is 0 Å². The van der Waals surface area contributed by atoms with E-state index in [1.807, 2.05) is 24.3 Å². The van der Waals surface area contributed by atoms with Gasteiger partial charge in [0.25, 0.3) is 0 Å². The fourth-order valence-corrected chi connectivity index (χ4v) is 2.87. The van der Waals surface area contributed by atoms with Crippen molar-refractivity contribution in [2.75, 3.05) is 19.5 Å². The molecule has 1 heterocycles. The highest BCUT2D eigenvalue weighted by atomic mass is 35.5. The number of hydrogen-bond donors (Lipinski definition) is 1. The van der Waals surface area contributed by atoms with Gasteiger partial charge in [-0.2, -0.15) is 0 Å². The molecule has 0 bridgehead atoms. The largest absolute Gasteiger partial charge is 0.494 e. The minimum atomic E-state index is 0.534. The Morgan fingerprint density at radius 3 is 2.45 bits per heavy atom. The molecule has 2 aromatic carbocycles. The van der Waals surface area contributed by atoms with Gasteiger partial charge in [-0.25, -0.2) is 9.97 Å². The Balaban J connectivity index is 2.30. The monoisotopic (exact) mass is 333 g/mol. The van der Waals surface area contributed by atoms with Crippen LogP contribution in [0.4, 0.5) is 5.95 Å². The van der Waals surface area contributed by atoms with Crippen LogP contribution in [0.3, 0.4) is 0 Å². The van der Waals surface area contributed by atoms with Crippen molar-refractivity contribution in [3.05, 3.63) is 46.6 Å². The first-order chi connectivity index (χ1) is 10.6. The zero-order valence-electron chi connectivity index (χ0n) is 12.0. The van der Waals surface area contributed by atoms with Crippen molar-refractivity contribution >= 4 is 40.1 Å². The van der Waals surface area contributed by atoms with Crippen molar-refractivity contribution in [1.29, 1.82) is 0 Å². The summed E-state index contributed by atoms with van der Waals surface area (Å²) in [5, 5.41) is 4.97. The van der Waals surface area contributed by atoms with Crippen LogP contribution in [0.5, 0.6) is 5.75 Å². The summed E-state index contributed by atoms with van der Waals surface area (Å²) in [6.07, 6.45) is 1.76. The number of ether oxygens (including phenoxy) is 1. The maximum absolute atomic E-state index is 6.11. The Hall–Kier alpha value is -2.04. The second-order valence-corrected chi connectivity index (χ2v) is 5.55. The molecule has 0 saturated heterocycles. The molecule has 0 radical (unpaired) electrons. The predicted octanol–water partition coefficient (Wildman–Crippen LogP) is 4.65. The summed E-state index contributed by atoms with van der Waals surface area (Å²) >= 11 is 12.2. The highest BCUT2D eigenvalue weighted by Crippen LogP contribution is 2.35. The van der Waals surface area contributed by atoms with E-state index >= 15 is 0 Å². The fourth-order valence-electron chi connectivity index (χ4n) is 2.34. The Labute approximate surface area is 138 Å². The molecule has 0 aliphatic carbocycles. The van der Waals surface area contributed by atoms with Crippen LogP contribution in [0.15, 0.2) is 36.5 Å². The third kappa shape index (κ3) is 2.67. The number of nitrogens with one attached hydrogen (secondary N) is 1. The molecule has 0 aliphatic rings. The standard InChI is InChI=1S/C16H13Cl2N3O/c1-19-16-20-8-13-12(3-4-14(22-2)15(13)21-16)9-5-10(17)7-11(18)6-9/h3-8H,1-2H3,(H,19,20,21). The van der Waals surface area contributed by atoms with Crippen molar-refractivity contribution in [2.45, 2.75) is 0 Å². The Morgan fingerprint density at radius 1 is 1.09 bits per heavy atom. The highest BCUT2D eigenvalue weighted by molar-refractivity contribution is 6.35. The van der Waals surface area contributed by atoms with Crippen molar-refractivity contribution in [3.8, 4) is 16.9 Å². The first-order valence-corrected chi connectivity index (χ1v) is 7.36. The smallest absolute Gasteiger partial charge is 0.223 e. The van der Waals surface area contributed by atoms with Crippen molar-refractivity contribution < 1.29 is 4.74 Å². The van der Waals surface area contributed by atoms with Gasteiger partial charge >= 0.3 is 0 Å². The van der Waals surface area contributed by atoms with Crippen LogP contribution in [0.1, 0.15) is 0 Å². The van der Waals surface area contributed by atoms with Crippen LogP contribution in [0, 0.1) is 0 Å². The topological polar surface area (TPSA) is 47.0 Å². The fraction of sp³-hybridized carbons (Fsp3) is 0.125. The predicted molar refractivity (Wildman–Crippen MR) is 91.1 cm³/mol. The van der Waals surface area contributed by atoms with E-state index in [2.05, 4.69) is 15.3 Å². The molecule has 0 fully saturated rings. The zero-order chi connectivity index (χ0) is 15.7. The van der Waals surface area contributed by atoms with Crippen LogP contribution < -0.4 is 10.1 Å². The number of hydrogen-bond acceptors (Lipinski definition) is 4. The number of rotatable bonds is 3. The minimum absolute atomic E-state index is 0.534. The summed E-state index contributed by atoms with van der Waals surface area (Å²) in [5.41, 5.74) is 2.59. The molecule has 3 aromatic rings. The summed E-state index contributed by atoms with van der Waals surface area (Å²) in [7, 11) is 3.39. The molecule has 112 valence electrons. The molecule has 1 aromatic heterocycles. The molecule has 0 aliphatic heterocycles. The van der Waals surface area contributed by atoms with Gasteiger partial charge in [-0.05, 0) is 41.5 Å². The summed E-state index contributed by atoms with van der Waals surface area (Å²) in [6.45, 7) is 0. The van der Waals surface area contributed by atoms with Crippen LogP contribution in [0.25, 0.3) is 22.0 Å². The molecule has 22 heavy (non-hydrogen) atoms. The molecule has 0 unspecified atom stereocenters. The maximum atomic E-state index is 6.11. The summed E-state index contributed by atoms with van der Waals surface area (Å²) in [4.78, 5) is 8.77. The third-order valence-electron chi connectivity index (χ3n) is 3.33. The minimum Gasteiger partial charge on any atom is -0.494 e. The lowest BCUT2D eigenvalue weighted by atomic mass is 10.0. The number of nitrogens with zero attached hydrogens (tertiary/aromatic N) is 2. The average Bonchev–Trinajstić information content (AvgIpc) is 2.52. The second kappa shape index (κ2) is 5.99. The molecule has 0 saturated carbocycles.